The van der Waals surface area contributed by atoms with Crippen LogP contribution in [-0.4, -0.2) is 38.6 Å². The van der Waals surface area contributed by atoms with Crippen molar-refractivity contribution in [3.63, 3.8) is 0 Å². The number of hydrogen-bond donors (Lipinski definition) is 2. The molecular weight excluding hydrogens is 380 g/mol. The summed E-state index contributed by atoms with van der Waals surface area (Å²) in [5, 5.41) is 11.9. The molecule has 2 heterocycles. The smallest absolute Gasteiger partial charge is 0.273 e. The normalized spacial score (nSPS) is 10.9. The van der Waals surface area contributed by atoms with E-state index in [0.29, 0.717) is 47.5 Å². The van der Waals surface area contributed by atoms with E-state index in [4.69, 9.17) is 22.1 Å². The summed E-state index contributed by atoms with van der Waals surface area (Å²) >= 11 is 6.32. The number of nitrogens with one attached hydrogen (secondary N) is 1. The quantitative estimate of drug-likeness (QED) is 0.633. The molecule has 0 aliphatic carbocycles. The number of ether oxygens (including phenoxy) is 1. The topological polar surface area (TPSA) is 100.0 Å². The van der Waals surface area contributed by atoms with Gasteiger partial charge in [-0.05, 0) is 38.1 Å². The van der Waals surface area contributed by atoms with Gasteiger partial charge in [-0.2, -0.15) is 10.2 Å². The van der Waals surface area contributed by atoms with E-state index in [9.17, 15) is 4.79 Å². The zero-order valence-corrected chi connectivity index (χ0v) is 16.8. The maximum atomic E-state index is 12.7. The lowest BCUT2D eigenvalue weighted by atomic mass is 10.1. The Bertz CT molecular complexity index is 975. The Kier molecular flexibility index (Phi) is 6.01. The highest BCUT2D eigenvalue weighted by atomic mass is 35.5. The van der Waals surface area contributed by atoms with Crippen molar-refractivity contribution < 1.29 is 9.53 Å². The predicted octanol–water partition coefficient (Wildman–Crippen LogP) is 2.86. The van der Waals surface area contributed by atoms with E-state index in [0.717, 1.165) is 11.3 Å². The molecule has 0 saturated heterocycles. The number of anilines is 1. The van der Waals surface area contributed by atoms with Crippen molar-refractivity contribution in [3.05, 3.63) is 46.9 Å². The number of aryl methyl sites for hydroxylation is 3. The fourth-order valence-corrected chi connectivity index (χ4v) is 3.23. The molecule has 148 valence electrons. The molecule has 0 fully saturated rings. The van der Waals surface area contributed by atoms with Gasteiger partial charge in [-0.15, -0.1) is 0 Å². The lowest BCUT2D eigenvalue weighted by molar-refractivity contribution is 0.101. The lowest BCUT2D eigenvalue weighted by Crippen LogP contribution is -2.17. The lowest BCUT2D eigenvalue weighted by Gasteiger charge is -2.14. The van der Waals surface area contributed by atoms with Gasteiger partial charge < -0.3 is 15.8 Å². The molecule has 28 heavy (non-hydrogen) atoms. The maximum absolute atomic E-state index is 12.7. The fourth-order valence-electron chi connectivity index (χ4n) is 2.97. The van der Waals surface area contributed by atoms with Crippen LogP contribution in [-0.2, 0) is 13.6 Å². The summed E-state index contributed by atoms with van der Waals surface area (Å²) in [6.07, 6.45) is 1.57. The first-order valence-corrected chi connectivity index (χ1v) is 9.33. The first-order valence-electron chi connectivity index (χ1n) is 8.95. The Hall–Kier alpha value is -2.84. The molecule has 2 aromatic heterocycles. The molecule has 0 bridgehead atoms. The van der Waals surface area contributed by atoms with Gasteiger partial charge in [0.15, 0.2) is 0 Å². The molecule has 0 spiro atoms. The van der Waals surface area contributed by atoms with E-state index in [1.165, 1.54) is 0 Å². The molecule has 0 atom stereocenters. The van der Waals surface area contributed by atoms with E-state index in [1.54, 1.807) is 40.8 Å². The van der Waals surface area contributed by atoms with Crippen LogP contribution in [0.25, 0.3) is 11.3 Å². The van der Waals surface area contributed by atoms with Gasteiger partial charge in [-0.3, -0.25) is 14.2 Å². The zero-order valence-electron chi connectivity index (χ0n) is 16.1. The largest absolute Gasteiger partial charge is 0.492 e. The number of halogens is 1. The fraction of sp³-hybridized carbons (Fsp3) is 0.316. The first-order chi connectivity index (χ1) is 13.4. The van der Waals surface area contributed by atoms with Gasteiger partial charge in [0, 0.05) is 31.4 Å². The monoisotopic (exact) mass is 402 g/mol. The molecule has 0 aliphatic heterocycles. The molecule has 0 radical (unpaired) electrons. The van der Waals surface area contributed by atoms with Crippen LogP contribution in [0.1, 0.15) is 23.1 Å². The molecular formula is C19H23ClN6O2. The number of amides is 1. The summed E-state index contributed by atoms with van der Waals surface area (Å²) in [6.45, 7) is 5.16. The van der Waals surface area contributed by atoms with Gasteiger partial charge in [0.25, 0.3) is 5.91 Å². The van der Waals surface area contributed by atoms with Crippen LogP contribution < -0.4 is 15.8 Å². The summed E-state index contributed by atoms with van der Waals surface area (Å²) in [5.41, 5.74) is 8.88. The van der Waals surface area contributed by atoms with Crippen LogP contribution in [0.3, 0.4) is 0 Å². The average Bonchev–Trinajstić information content (AvgIpc) is 3.22. The highest BCUT2D eigenvalue weighted by Gasteiger charge is 2.18. The van der Waals surface area contributed by atoms with Crippen molar-refractivity contribution in [2.75, 3.05) is 18.5 Å². The molecule has 0 aliphatic rings. The Morgan fingerprint density at radius 2 is 2.14 bits per heavy atom. The van der Waals surface area contributed by atoms with Gasteiger partial charge in [0.1, 0.15) is 18.1 Å². The molecule has 3 N–H and O–H groups in total. The summed E-state index contributed by atoms with van der Waals surface area (Å²) in [7, 11) is 1.79. The van der Waals surface area contributed by atoms with Crippen LogP contribution in [0.15, 0.2) is 30.5 Å². The average molecular weight is 403 g/mol. The second-order valence-corrected chi connectivity index (χ2v) is 6.66. The minimum atomic E-state index is -0.236. The molecule has 0 unspecified atom stereocenters. The molecule has 1 amide bonds. The first kappa shape index (κ1) is 19.9. The van der Waals surface area contributed by atoms with Crippen LogP contribution in [0.4, 0.5) is 5.69 Å². The van der Waals surface area contributed by atoms with Crippen LogP contribution >= 0.6 is 11.6 Å². The van der Waals surface area contributed by atoms with E-state index in [2.05, 4.69) is 15.5 Å². The Balaban J connectivity index is 1.96. The maximum Gasteiger partial charge on any atom is 0.273 e. The van der Waals surface area contributed by atoms with Gasteiger partial charge in [-0.25, -0.2) is 0 Å². The third-order valence-electron chi connectivity index (χ3n) is 4.20. The van der Waals surface area contributed by atoms with Crippen molar-refractivity contribution >= 4 is 23.2 Å². The van der Waals surface area contributed by atoms with Crippen molar-refractivity contribution in [3.8, 4) is 17.0 Å². The second-order valence-electron chi connectivity index (χ2n) is 6.25. The number of nitrogens with two attached hydrogens (primary N) is 1. The summed E-state index contributed by atoms with van der Waals surface area (Å²) < 4.78 is 9.08. The van der Waals surface area contributed by atoms with Crippen LogP contribution in [0.2, 0.25) is 5.02 Å². The predicted molar refractivity (Wildman–Crippen MR) is 109 cm³/mol. The van der Waals surface area contributed by atoms with Crippen LogP contribution in [0.5, 0.6) is 5.75 Å². The third kappa shape index (κ3) is 4.02. The number of hydrogen-bond acceptors (Lipinski definition) is 5. The third-order valence-corrected chi connectivity index (χ3v) is 4.47. The highest BCUT2D eigenvalue weighted by Crippen LogP contribution is 2.36. The Morgan fingerprint density at radius 1 is 1.36 bits per heavy atom. The molecule has 1 aromatic carbocycles. The van der Waals surface area contributed by atoms with Gasteiger partial charge in [0.05, 0.1) is 22.6 Å². The molecule has 9 heteroatoms. The Morgan fingerprint density at radius 3 is 2.79 bits per heavy atom. The minimum absolute atomic E-state index is 0.236. The van der Waals surface area contributed by atoms with Crippen molar-refractivity contribution in [2.45, 2.75) is 20.4 Å². The second kappa shape index (κ2) is 8.45. The minimum Gasteiger partial charge on any atom is -0.492 e. The summed E-state index contributed by atoms with van der Waals surface area (Å²) in [4.78, 5) is 12.7. The summed E-state index contributed by atoms with van der Waals surface area (Å²) in [5.74, 6) is 0.378. The van der Waals surface area contributed by atoms with E-state index < -0.39 is 0 Å². The number of nitrogens with zero attached hydrogens (tertiary/aromatic N) is 4. The number of carbonyl (C=O) groups excluding carboxylic acids is 1. The van der Waals surface area contributed by atoms with Crippen molar-refractivity contribution in [2.24, 2.45) is 12.8 Å². The van der Waals surface area contributed by atoms with E-state index in [-0.39, 0.29) is 5.91 Å². The van der Waals surface area contributed by atoms with Gasteiger partial charge >= 0.3 is 0 Å². The summed E-state index contributed by atoms with van der Waals surface area (Å²) in [6, 6.07) is 7.13. The number of rotatable bonds is 7. The van der Waals surface area contributed by atoms with Gasteiger partial charge in [0.2, 0.25) is 0 Å². The Labute approximate surface area is 168 Å². The van der Waals surface area contributed by atoms with Crippen molar-refractivity contribution in [1.29, 1.82) is 0 Å². The van der Waals surface area contributed by atoms with E-state index >= 15 is 0 Å². The number of carbonyl (C=O) groups is 1. The molecule has 8 nitrogen and oxygen atoms in total. The molecule has 0 saturated carbocycles. The number of aromatic nitrogens is 4. The van der Waals surface area contributed by atoms with E-state index in [1.807, 2.05) is 19.9 Å². The van der Waals surface area contributed by atoms with Crippen molar-refractivity contribution in [1.82, 2.24) is 19.6 Å². The standard InChI is InChI=1S/C19H23ClN6O2/c1-4-26-16(9-12(2)24-26)19(27)23-13-5-6-17(28-8-7-21)14(10-13)18-15(20)11-22-25(18)3/h5-6,9-11H,4,7-8,21H2,1-3H3,(H,23,27). The number of benzene rings is 1. The van der Waals surface area contributed by atoms with Gasteiger partial charge in [-0.1, -0.05) is 11.6 Å². The molecule has 3 rings (SSSR count). The molecule has 3 aromatic rings. The van der Waals surface area contributed by atoms with Crippen LogP contribution in [0, 0.1) is 6.92 Å². The highest BCUT2D eigenvalue weighted by molar-refractivity contribution is 6.33. The SMILES string of the molecule is CCn1nc(C)cc1C(=O)Nc1ccc(OCCN)c(-c2c(Cl)cnn2C)c1. The zero-order chi connectivity index (χ0) is 20.3.